The summed E-state index contributed by atoms with van der Waals surface area (Å²) in [4.78, 5) is 5.93. The minimum Gasteiger partial charge on any atom is -0.496 e. The molecule has 2 atom stereocenters. The fourth-order valence-electron chi connectivity index (χ4n) is 1.63. The van der Waals surface area contributed by atoms with E-state index in [1.54, 1.807) is 18.4 Å². The fourth-order valence-corrected chi connectivity index (χ4v) is 3.29. The number of hydrogen-bond donors (Lipinski definition) is 0. The average molecular weight is 312 g/mol. The molecule has 4 heteroatoms. The van der Waals surface area contributed by atoms with E-state index in [1.807, 2.05) is 23.7 Å². The third-order valence-electron chi connectivity index (χ3n) is 2.70. The predicted molar refractivity (Wildman–Crippen MR) is 75.2 cm³/mol. The van der Waals surface area contributed by atoms with Gasteiger partial charge in [0.2, 0.25) is 0 Å². The molecule has 0 saturated heterocycles. The van der Waals surface area contributed by atoms with Crippen LogP contribution < -0.4 is 4.74 Å². The summed E-state index contributed by atoms with van der Waals surface area (Å²) in [5.74, 6) is 1.25. The molecule has 2 aromatic heterocycles. The molecule has 0 aliphatic heterocycles. The quantitative estimate of drug-likeness (QED) is 0.781. The Kier molecular flexibility index (Phi) is 4.18. The molecular formula is C13H14BrNOS. The summed E-state index contributed by atoms with van der Waals surface area (Å²) < 4.78 is 5.20. The molecule has 0 saturated carbocycles. The molecule has 0 radical (unpaired) electrons. The minimum absolute atomic E-state index is 0.270. The number of rotatable bonds is 4. The fraction of sp³-hybridized carbons (Fsp3) is 0.308. The largest absolute Gasteiger partial charge is 0.496 e. The Morgan fingerprint density at radius 1 is 1.41 bits per heavy atom. The number of nitrogens with zero attached hydrogens (tertiary/aromatic N) is 1. The van der Waals surface area contributed by atoms with Crippen molar-refractivity contribution in [1.29, 1.82) is 0 Å². The van der Waals surface area contributed by atoms with Crippen molar-refractivity contribution in [2.75, 3.05) is 7.11 Å². The first-order valence-electron chi connectivity index (χ1n) is 5.39. The van der Waals surface area contributed by atoms with Crippen molar-refractivity contribution < 1.29 is 4.74 Å². The molecule has 0 aromatic carbocycles. The van der Waals surface area contributed by atoms with Gasteiger partial charge in [0, 0.05) is 28.1 Å². The highest BCUT2D eigenvalue weighted by Gasteiger charge is 2.20. The Morgan fingerprint density at radius 2 is 2.24 bits per heavy atom. The molecule has 0 spiro atoms. The number of thiophene rings is 1. The van der Waals surface area contributed by atoms with Crippen molar-refractivity contribution in [3.8, 4) is 5.75 Å². The van der Waals surface area contributed by atoms with Crippen LogP contribution in [0.4, 0.5) is 0 Å². The van der Waals surface area contributed by atoms with Crippen LogP contribution in [-0.2, 0) is 0 Å². The molecule has 0 aliphatic carbocycles. The number of alkyl halides is 1. The van der Waals surface area contributed by atoms with Gasteiger partial charge in [-0.05, 0) is 18.2 Å². The summed E-state index contributed by atoms with van der Waals surface area (Å²) in [7, 11) is 1.69. The zero-order chi connectivity index (χ0) is 12.3. The van der Waals surface area contributed by atoms with Gasteiger partial charge in [-0.25, -0.2) is 0 Å². The number of ether oxygens (including phenoxy) is 1. The van der Waals surface area contributed by atoms with Crippen LogP contribution in [0.5, 0.6) is 5.75 Å². The Hall–Kier alpha value is -0.870. The molecule has 2 rings (SSSR count). The molecule has 2 aromatic rings. The second-order valence-electron chi connectivity index (χ2n) is 3.83. The van der Waals surface area contributed by atoms with Gasteiger partial charge in [-0.15, -0.1) is 11.3 Å². The van der Waals surface area contributed by atoms with Crippen LogP contribution in [0.15, 0.2) is 35.8 Å². The van der Waals surface area contributed by atoms with Gasteiger partial charge in [-0.1, -0.05) is 28.9 Å². The maximum absolute atomic E-state index is 5.20. The van der Waals surface area contributed by atoms with Gasteiger partial charge in [0.25, 0.3) is 0 Å². The first-order valence-corrected chi connectivity index (χ1v) is 7.19. The van der Waals surface area contributed by atoms with E-state index in [-0.39, 0.29) is 4.83 Å². The third kappa shape index (κ3) is 2.87. The van der Waals surface area contributed by atoms with E-state index in [4.69, 9.17) is 4.74 Å². The van der Waals surface area contributed by atoms with E-state index in [9.17, 15) is 0 Å². The molecule has 0 aliphatic rings. The van der Waals surface area contributed by atoms with Crippen molar-refractivity contribution in [2.45, 2.75) is 17.7 Å². The van der Waals surface area contributed by atoms with Gasteiger partial charge in [-0.2, -0.15) is 0 Å². The normalized spacial score (nSPS) is 14.3. The highest BCUT2D eigenvalue weighted by atomic mass is 79.9. The topological polar surface area (TPSA) is 22.1 Å². The standard InChI is InChI=1S/C13H14BrNOS/c1-9(11-5-3-4-6-15-11)13(14)12-7-10(16-2)8-17-12/h3-9,13H,1-2H3. The van der Waals surface area contributed by atoms with Crippen LogP contribution in [0, 0.1) is 0 Å². The van der Waals surface area contributed by atoms with Crippen LogP contribution in [-0.4, -0.2) is 12.1 Å². The highest BCUT2D eigenvalue weighted by molar-refractivity contribution is 9.09. The van der Waals surface area contributed by atoms with Gasteiger partial charge < -0.3 is 4.74 Å². The summed E-state index contributed by atoms with van der Waals surface area (Å²) in [6.07, 6.45) is 1.83. The zero-order valence-electron chi connectivity index (χ0n) is 9.76. The average Bonchev–Trinajstić information content (AvgIpc) is 2.87. The Morgan fingerprint density at radius 3 is 2.82 bits per heavy atom. The smallest absolute Gasteiger partial charge is 0.129 e. The lowest BCUT2D eigenvalue weighted by Crippen LogP contribution is -2.02. The van der Waals surface area contributed by atoms with E-state index < -0.39 is 0 Å². The van der Waals surface area contributed by atoms with Crippen LogP contribution in [0.25, 0.3) is 0 Å². The molecule has 2 heterocycles. The van der Waals surface area contributed by atoms with Gasteiger partial charge in [0.15, 0.2) is 0 Å². The summed E-state index contributed by atoms with van der Waals surface area (Å²) in [6, 6.07) is 8.09. The number of pyridine rings is 1. The van der Waals surface area contributed by atoms with Crippen LogP contribution >= 0.6 is 27.3 Å². The predicted octanol–water partition coefficient (Wildman–Crippen LogP) is 4.39. The molecule has 2 unspecified atom stereocenters. The van der Waals surface area contributed by atoms with Crippen LogP contribution in [0.2, 0.25) is 0 Å². The number of methoxy groups -OCH3 is 1. The number of aromatic nitrogens is 1. The van der Waals surface area contributed by atoms with Gasteiger partial charge in [-0.3, -0.25) is 4.98 Å². The Bertz CT molecular complexity index is 471. The van der Waals surface area contributed by atoms with Crippen LogP contribution in [0.3, 0.4) is 0 Å². The van der Waals surface area contributed by atoms with Crippen molar-refractivity contribution in [3.05, 3.63) is 46.4 Å². The molecule has 0 fully saturated rings. The highest BCUT2D eigenvalue weighted by Crippen LogP contribution is 2.41. The summed E-state index contributed by atoms with van der Waals surface area (Å²) in [5, 5.41) is 2.02. The number of halogens is 1. The summed E-state index contributed by atoms with van der Waals surface area (Å²) >= 11 is 5.45. The molecule has 2 nitrogen and oxygen atoms in total. The molecule has 0 N–H and O–H groups in total. The number of hydrogen-bond acceptors (Lipinski definition) is 3. The molecular weight excluding hydrogens is 298 g/mol. The molecule has 0 amide bonds. The first-order chi connectivity index (χ1) is 8.22. The minimum atomic E-state index is 0.270. The summed E-state index contributed by atoms with van der Waals surface area (Å²) in [5.41, 5.74) is 1.10. The van der Waals surface area contributed by atoms with E-state index in [2.05, 4.69) is 40.0 Å². The van der Waals surface area contributed by atoms with Crippen molar-refractivity contribution in [3.63, 3.8) is 0 Å². The lowest BCUT2D eigenvalue weighted by Gasteiger charge is -2.16. The van der Waals surface area contributed by atoms with E-state index in [1.165, 1.54) is 4.88 Å². The van der Waals surface area contributed by atoms with E-state index >= 15 is 0 Å². The third-order valence-corrected chi connectivity index (χ3v) is 5.28. The van der Waals surface area contributed by atoms with E-state index in [0.29, 0.717) is 5.92 Å². The van der Waals surface area contributed by atoms with Crippen molar-refractivity contribution in [1.82, 2.24) is 4.98 Å². The zero-order valence-corrected chi connectivity index (χ0v) is 12.2. The Labute approximate surface area is 114 Å². The molecule has 90 valence electrons. The van der Waals surface area contributed by atoms with Gasteiger partial charge in [0.1, 0.15) is 5.75 Å². The van der Waals surface area contributed by atoms with E-state index in [0.717, 1.165) is 11.4 Å². The maximum atomic E-state index is 5.20. The second-order valence-corrected chi connectivity index (χ2v) is 5.76. The second kappa shape index (κ2) is 5.65. The summed E-state index contributed by atoms with van der Waals surface area (Å²) in [6.45, 7) is 2.17. The van der Waals surface area contributed by atoms with Crippen molar-refractivity contribution >= 4 is 27.3 Å². The maximum Gasteiger partial charge on any atom is 0.129 e. The lowest BCUT2D eigenvalue weighted by molar-refractivity contribution is 0.416. The van der Waals surface area contributed by atoms with Gasteiger partial charge >= 0.3 is 0 Å². The SMILES string of the molecule is COc1csc(C(Br)C(C)c2ccccn2)c1. The Balaban J connectivity index is 2.17. The monoisotopic (exact) mass is 311 g/mol. The van der Waals surface area contributed by atoms with Crippen LogP contribution in [0.1, 0.15) is 28.2 Å². The lowest BCUT2D eigenvalue weighted by atomic mass is 10.0. The molecule has 0 bridgehead atoms. The first kappa shape index (κ1) is 12.6. The van der Waals surface area contributed by atoms with Crippen molar-refractivity contribution in [2.24, 2.45) is 0 Å². The molecule has 17 heavy (non-hydrogen) atoms. The van der Waals surface area contributed by atoms with Gasteiger partial charge in [0.05, 0.1) is 11.9 Å².